The molecule has 0 amide bonds. The largest absolute Gasteiger partial charge is 0.381 e. The molecule has 0 aromatic rings. The Morgan fingerprint density at radius 2 is 2.20 bits per heavy atom. The van der Waals surface area contributed by atoms with Gasteiger partial charge in [0.1, 0.15) is 5.78 Å². The number of ketones is 1. The standard InChI is InChI=1S/C8H14O2/c1-6-3-7(9)5-8(4-6)10-2/h6,8H,3-5H2,1-2H3/t6-,8?/m1/s1. The van der Waals surface area contributed by atoms with Crippen molar-refractivity contribution in [3.63, 3.8) is 0 Å². The molecule has 10 heavy (non-hydrogen) atoms. The Balaban J connectivity index is 2.42. The SMILES string of the molecule is COC1CC(=O)C[C@@H](C)C1. The summed E-state index contributed by atoms with van der Waals surface area (Å²) in [5.74, 6) is 0.872. The van der Waals surface area contributed by atoms with Crippen LogP contribution in [0.4, 0.5) is 0 Å². The molecular formula is C8H14O2. The molecule has 1 saturated carbocycles. The molecule has 0 saturated heterocycles. The molecule has 0 bridgehead atoms. The number of carbonyl (C=O) groups excluding carboxylic acids is 1. The van der Waals surface area contributed by atoms with E-state index < -0.39 is 0 Å². The molecule has 0 spiro atoms. The van der Waals surface area contributed by atoms with Crippen LogP contribution in [0.25, 0.3) is 0 Å². The minimum Gasteiger partial charge on any atom is -0.381 e. The summed E-state index contributed by atoms with van der Waals surface area (Å²) in [5, 5.41) is 0. The second-order valence-corrected chi connectivity index (χ2v) is 3.15. The molecule has 2 heteroatoms. The lowest BCUT2D eigenvalue weighted by Crippen LogP contribution is -2.26. The van der Waals surface area contributed by atoms with Crippen LogP contribution in [0.3, 0.4) is 0 Å². The van der Waals surface area contributed by atoms with Crippen molar-refractivity contribution in [1.82, 2.24) is 0 Å². The normalized spacial score (nSPS) is 34.4. The molecule has 0 heterocycles. The predicted octanol–water partition coefficient (Wildman–Crippen LogP) is 1.39. The third kappa shape index (κ3) is 1.81. The second kappa shape index (κ2) is 3.15. The van der Waals surface area contributed by atoms with Gasteiger partial charge in [0.15, 0.2) is 0 Å². The second-order valence-electron chi connectivity index (χ2n) is 3.15. The molecular weight excluding hydrogens is 128 g/mol. The first-order chi connectivity index (χ1) is 4.72. The van der Waals surface area contributed by atoms with Gasteiger partial charge in [0.2, 0.25) is 0 Å². The number of hydrogen-bond donors (Lipinski definition) is 0. The highest BCUT2D eigenvalue weighted by Crippen LogP contribution is 2.22. The fourth-order valence-corrected chi connectivity index (χ4v) is 1.52. The molecule has 2 atom stereocenters. The Morgan fingerprint density at radius 3 is 2.70 bits per heavy atom. The maximum absolute atomic E-state index is 11.0. The quantitative estimate of drug-likeness (QED) is 0.553. The molecule has 0 aliphatic heterocycles. The van der Waals surface area contributed by atoms with Gasteiger partial charge in [-0.05, 0) is 12.3 Å². The number of methoxy groups -OCH3 is 1. The van der Waals surface area contributed by atoms with Crippen molar-refractivity contribution < 1.29 is 9.53 Å². The van der Waals surface area contributed by atoms with Crippen molar-refractivity contribution in [3.8, 4) is 0 Å². The molecule has 0 N–H and O–H groups in total. The monoisotopic (exact) mass is 142 g/mol. The number of hydrogen-bond acceptors (Lipinski definition) is 2. The average molecular weight is 142 g/mol. The fourth-order valence-electron chi connectivity index (χ4n) is 1.52. The highest BCUT2D eigenvalue weighted by Gasteiger charge is 2.23. The van der Waals surface area contributed by atoms with Gasteiger partial charge < -0.3 is 4.74 Å². The van der Waals surface area contributed by atoms with E-state index in [0.29, 0.717) is 18.1 Å². The average Bonchev–Trinajstić information content (AvgIpc) is 1.85. The number of ether oxygens (including phenoxy) is 1. The molecule has 58 valence electrons. The van der Waals surface area contributed by atoms with Gasteiger partial charge in [0, 0.05) is 20.0 Å². The van der Waals surface area contributed by atoms with Crippen molar-refractivity contribution in [2.45, 2.75) is 32.3 Å². The molecule has 1 rings (SSSR count). The van der Waals surface area contributed by atoms with E-state index in [2.05, 4.69) is 6.92 Å². The maximum Gasteiger partial charge on any atom is 0.135 e. The van der Waals surface area contributed by atoms with Gasteiger partial charge in [-0.3, -0.25) is 4.79 Å². The minimum absolute atomic E-state index is 0.191. The van der Waals surface area contributed by atoms with E-state index in [-0.39, 0.29) is 6.10 Å². The first-order valence-electron chi connectivity index (χ1n) is 3.77. The van der Waals surface area contributed by atoms with E-state index >= 15 is 0 Å². The van der Waals surface area contributed by atoms with Gasteiger partial charge >= 0.3 is 0 Å². The van der Waals surface area contributed by atoms with Crippen molar-refractivity contribution in [3.05, 3.63) is 0 Å². The summed E-state index contributed by atoms with van der Waals surface area (Å²) in [6.07, 6.45) is 2.61. The van der Waals surface area contributed by atoms with Gasteiger partial charge in [-0.25, -0.2) is 0 Å². The zero-order valence-corrected chi connectivity index (χ0v) is 6.59. The lowest BCUT2D eigenvalue weighted by molar-refractivity contribution is -0.125. The molecule has 1 unspecified atom stereocenters. The van der Waals surface area contributed by atoms with E-state index in [9.17, 15) is 4.79 Å². The summed E-state index contributed by atoms with van der Waals surface area (Å²) in [7, 11) is 1.68. The molecule has 2 nitrogen and oxygen atoms in total. The lowest BCUT2D eigenvalue weighted by atomic mass is 9.88. The van der Waals surface area contributed by atoms with Crippen LogP contribution in [0.5, 0.6) is 0 Å². The van der Waals surface area contributed by atoms with Crippen molar-refractivity contribution in [2.75, 3.05) is 7.11 Å². The van der Waals surface area contributed by atoms with E-state index in [1.54, 1.807) is 7.11 Å². The Hall–Kier alpha value is -0.370. The van der Waals surface area contributed by atoms with Gasteiger partial charge in [-0.1, -0.05) is 6.92 Å². The van der Waals surface area contributed by atoms with Gasteiger partial charge in [-0.2, -0.15) is 0 Å². The van der Waals surface area contributed by atoms with Crippen LogP contribution in [0.2, 0.25) is 0 Å². The van der Waals surface area contributed by atoms with Gasteiger partial charge in [-0.15, -0.1) is 0 Å². The van der Waals surface area contributed by atoms with E-state index in [1.807, 2.05) is 0 Å². The zero-order valence-electron chi connectivity index (χ0n) is 6.59. The summed E-state index contributed by atoms with van der Waals surface area (Å²) in [6, 6.07) is 0. The Morgan fingerprint density at radius 1 is 1.50 bits per heavy atom. The van der Waals surface area contributed by atoms with Crippen LogP contribution in [0, 0.1) is 5.92 Å². The van der Waals surface area contributed by atoms with Crippen LogP contribution in [0.1, 0.15) is 26.2 Å². The molecule has 0 aromatic carbocycles. The molecule has 0 aromatic heterocycles. The van der Waals surface area contributed by atoms with Crippen LogP contribution >= 0.6 is 0 Å². The van der Waals surface area contributed by atoms with E-state index in [4.69, 9.17) is 4.74 Å². The topological polar surface area (TPSA) is 26.3 Å². The highest BCUT2D eigenvalue weighted by molar-refractivity contribution is 5.79. The smallest absolute Gasteiger partial charge is 0.135 e. The molecule has 1 aliphatic rings. The summed E-state index contributed by atoms with van der Waals surface area (Å²) in [6.45, 7) is 2.10. The summed E-state index contributed by atoms with van der Waals surface area (Å²) >= 11 is 0. The number of rotatable bonds is 1. The summed E-state index contributed by atoms with van der Waals surface area (Å²) < 4.78 is 5.11. The predicted molar refractivity (Wildman–Crippen MR) is 38.8 cm³/mol. The molecule has 1 aliphatic carbocycles. The third-order valence-electron chi connectivity index (χ3n) is 2.03. The number of Topliss-reactive ketones (excluding diaryl/α,β-unsaturated/α-hetero) is 1. The summed E-state index contributed by atoms with van der Waals surface area (Å²) in [5.41, 5.74) is 0. The Labute approximate surface area is 61.6 Å². The fraction of sp³-hybridized carbons (Fsp3) is 0.875. The van der Waals surface area contributed by atoms with Crippen LogP contribution in [-0.4, -0.2) is 19.0 Å². The van der Waals surface area contributed by atoms with Crippen LogP contribution in [0.15, 0.2) is 0 Å². The van der Waals surface area contributed by atoms with Crippen LogP contribution in [-0.2, 0) is 9.53 Å². The van der Waals surface area contributed by atoms with Gasteiger partial charge in [0.25, 0.3) is 0 Å². The van der Waals surface area contributed by atoms with E-state index in [1.165, 1.54) is 0 Å². The van der Waals surface area contributed by atoms with Crippen molar-refractivity contribution >= 4 is 5.78 Å². The summed E-state index contributed by atoms with van der Waals surface area (Å²) in [4.78, 5) is 11.0. The Bertz CT molecular complexity index is 131. The first kappa shape index (κ1) is 7.73. The van der Waals surface area contributed by atoms with Crippen molar-refractivity contribution in [2.24, 2.45) is 5.92 Å². The highest BCUT2D eigenvalue weighted by atomic mass is 16.5. The van der Waals surface area contributed by atoms with Crippen LogP contribution < -0.4 is 0 Å². The minimum atomic E-state index is 0.191. The third-order valence-corrected chi connectivity index (χ3v) is 2.03. The first-order valence-corrected chi connectivity index (χ1v) is 3.77. The Kier molecular flexibility index (Phi) is 2.44. The maximum atomic E-state index is 11.0. The number of carbonyl (C=O) groups is 1. The zero-order chi connectivity index (χ0) is 7.56. The van der Waals surface area contributed by atoms with Crippen molar-refractivity contribution in [1.29, 1.82) is 0 Å². The molecule has 1 fully saturated rings. The van der Waals surface area contributed by atoms with E-state index in [0.717, 1.165) is 12.8 Å². The molecule has 0 radical (unpaired) electrons. The lowest BCUT2D eigenvalue weighted by Gasteiger charge is -2.24. The van der Waals surface area contributed by atoms with Gasteiger partial charge in [0.05, 0.1) is 6.10 Å².